The van der Waals surface area contributed by atoms with Crippen LogP contribution in [0.5, 0.6) is 0 Å². The number of anilines is 2. The van der Waals surface area contributed by atoms with E-state index in [0.717, 1.165) is 53.0 Å². The molecule has 3 heterocycles. The van der Waals surface area contributed by atoms with Gasteiger partial charge in [0.05, 0.1) is 19.3 Å². The molecule has 5 rings (SSSR count). The molecule has 3 aromatic rings. The lowest BCUT2D eigenvalue weighted by molar-refractivity contribution is -0.141. The number of benzene rings is 2. The van der Waals surface area contributed by atoms with Crippen molar-refractivity contribution in [2.24, 2.45) is 5.92 Å². The number of hydrogen-bond acceptors (Lipinski definition) is 6. The van der Waals surface area contributed by atoms with Gasteiger partial charge in [-0.25, -0.2) is 0 Å². The molecule has 2 unspecified atom stereocenters. The van der Waals surface area contributed by atoms with Gasteiger partial charge in [-0.3, -0.25) is 9.78 Å². The van der Waals surface area contributed by atoms with E-state index >= 15 is 0 Å². The maximum Gasteiger partial charge on any atom is 0.433 e. The highest BCUT2D eigenvalue weighted by atomic mass is 19.4. The van der Waals surface area contributed by atoms with E-state index in [0.29, 0.717) is 31.9 Å². The number of fused-ring (bicyclic) bond motifs is 3. The van der Waals surface area contributed by atoms with Crippen LogP contribution >= 0.6 is 0 Å². The van der Waals surface area contributed by atoms with E-state index < -0.39 is 17.8 Å². The highest BCUT2D eigenvalue weighted by molar-refractivity contribution is 6.04. The summed E-state index contributed by atoms with van der Waals surface area (Å²) < 4.78 is 44.6. The molecule has 0 saturated carbocycles. The lowest BCUT2D eigenvalue weighted by atomic mass is 9.85. The predicted molar refractivity (Wildman–Crippen MR) is 149 cm³/mol. The first-order valence-electron chi connectivity index (χ1n) is 13.2. The van der Waals surface area contributed by atoms with Gasteiger partial charge in [-0.1, -0.05) is 25.1 Å². The van der Waals surface area contributed by atoms with Crippen LogP contribution in [0.1, 0.15) is 34.1 Å². The average Bonchev–Trinajstić information content (AvgIpc) is 2.97. The molecule has 1 aromatic heterocycles. The number of ether oxygens (including phenoxy) is 1. The van der Waals surface area contributed by atoms with Gasteiger partial charge >= 0.3 is 6.18 Å². The fourth-order valence-corrected chi connectivity index (χ4v) is 4.92. The summed E-state index contributed by atoms with van der Waals surface area (Å²) >= 11 is 0. The number of aromatic nitrogens is 1. The molecule has 2 aliphatic heterocycles. The second-order valence-electron chi connectivity index (χ2n) is 9.80. The number of aldehydes is 1. The molecule has 2 N–H and O–H groups in total. The topological polar surface area (TPSA) is 83.6 Å². The number of nitrogens with one attached hydrogen (secondary N) is 2. The molecule has 0 spiro atoms. The van der Waals surface area contributed by atoms with Gasteiger partial charge in [0.1, 0.15) is 12.0 Å². The van der Waals surface area contributed by atoms with Gasteiger partial charge in [0.25, 0.3) is 5.91 Å². The molecule has 40 heavy (non-hydrogen) atoms. The van der Waals surface area contributed by atoms with E-state index in [1.807, 2.05) is 38.2 Å². The molecule has 7 nitrogen and oxygen atoms in total. The summed E-state index contributed by atoms with van der Waals surface area (Å²) in [5, 5.41) is 5.63. The van der Waals surface area contributed by atoms with Crippen molar-refractivity contribution in [2.45, 2.75) is 32.5 Å². The largest absolute Gasteiger partial charge is 0.433 e. The number of amides is 1. The van der Waals surface area contributed by atoms with E-state index in [-0.39, 0.29) is 17.5 Å². The van der Waals surface area contributed by atoms with Crippen molar-refractivity contribution in [3.63, 3.8) is 0 Å². The van der Waals surface area contributed by atoms with Crippen LogP contribution in [0.2, 0.25) is 0 Å². The summed E-state index contributed by atoms with van der Waals surface area (Å²) in [7, 11) is 1.93. The summed E-state index contributed by atoms with van der Waals surface area (Å²) in [5.41, 5.74) is 4.22. The number of rotatable bonds is 5. The minimum absolute atomic E-state index is 0.00710. The van der Waals surface area contributed by atoms with Crippen molar-refractivity contribution in [3.05, 3.63) is 77.1 Å². The Morgan fingerprint density at radius 1 is 1.18 bits per heavy atom. The van der Waals surface area contributed by atoms with E-state index in [1.165, 1.54) is 6.07 Å². The van der Waals surface area contributed by atoms with Crippen molar-refractivity contribution >= 4 is 23.6 Å². The third-order valence-electron chi connectivity index (χ3n) is 7.16. The van der Waals surface area contributed by atoms with Crippen LogP contribution in [0.4, 0.5) is 24.5 Å². The number of pyridine rings is 1. The summed E-state index contributed by atoms with van der Waals surface area (Å²) in [6, 6.07) is 13.5. The van der Waals surface area contributed by atoms with Crippen LogP contribution in [0.3, 0.4) is 0 Å². The zero-order valence-electron chi connectivity index (χ0n) is 22.7. The number of alkyl halides is 3. The van der Waals surface area contributed by atoms with Crippen LogP contribution in [0.25, 0.3) is 11.1 Å². The molecule has 1 fully saturated rings. The van der Waals surface area contributed by atoms with Crippen LogP contribution in [0.15, 0.2) is 54.7 Å². The quantitative estimate of drug-likeness (QED) is 0.426. The number of aryl methyl sites for hydroxylation is 1. The first-order valence-corrected chi connectivity index (χ1v) is 13.2. The van der Waals surface area contributed by atoms with Crippen LogP contribution in [0, 0.1) is 12.8 Å². The Morgan fingerprint density at radius 2 is 1.95 bits per heavy atom. The van der Waals surface area contributed by atoms with E-state index in [1.54, 1.807) is 6.07 Å². The number of hydrogen-bond donors (Lipinski definition) is 2. The Kier molecular flexibility index (Phi) is 9.21. The number of nitrogens with zero attached hydrogens (tertiary/aromatic N) is 2. The van der Waals surface area contributed by atoms with E-state index in [9.17, 15) is 22.8 Å². The first kappa shape index (κ1) is 29.2. The molecule has 10 heteroatoms. The monoisotopic (exact) mass is 554 g/mol. The molecule has 1 saturated heterocycles. The first-order chi connectivity index (χ1) is 19.2. The third-order valence-corrected chi connectivity index (χ3v) is 7.16. The molecule has 212 valence electrons. The van der Waals surface area contributed by atoms with Gasteiger partial charge in [0, 0.05) is 35.6 Å². The van der Waals surface area contributed by atoms with Gasteiger partial charge in [-0.2, -0.15) is 13.2 Å². The summed E-state index contributed by atoms with van der Waals surface area (Å²) in [6.45, 7) is 6.90. The van der Waals surface area contributed by atoms with Crippen LogP contribution in [-0.4, -0.2) is 56.6 Å². The van der Waals surface area contributed by atoms with Gasteiger partial charge in [-0.05, 0) is 79.5 Å². The number of carbonyl (C=O) groups is 2. The van der Waals surface area contributed by atoms with Crippen LogP contribution < -0.4 is 15.5 Å². The molecular formula is C30H33F3N4O3. The van der Waals surface area contributed by atoms with Gasteiger partial charge in [-0.15, -0.1) is 0 Å². The number of halogens is 3. The van der Waals surface area contributed by atoms with Crippen molar-refractivity contribution < 1.29 is 27.5 Å². The van der Waals surface area contributed by atoms with Crippen molar-refractivity contribution in [1.29, 1.82) is 0 Å². The Balaban J connectivity index is 0.000000867. The number of carbonyl (C=O) groups excluding carboxylic acids is 2. The molecule has 0 bridgehead atoms. The lowest BCUT2D eigenvalue weighted by Crippen LogP contribution is -2.53. The summed E-state index contributed by atoms with van der Waals surface area (Å²) in [5.74, 6) is -0.769. The second kappa shape index (κ2) is 12.6. The van der Waals surface area contributed by atoms with Gasteiger partial charge < -0.3 is 25.1 Å². The lowest BCUT2D eigenvalue weighted by Gasteiger charge is -2.44. The fraction of sp³-hybridized carbons (Fsp3) is 0.367. The SMILES string of the molecule is CCNC.Cc1ccc(NC(=O)c2ccnc(C(F)(F)F)c2)cc1-c1ccc2c(c1)N1CCOCC1C(C=O)C2. The predicted octanol–water partition coefficient (Wildman–Crippen LogP) is 5.13. The van der Waals surface area contributed by atoms with E-state index in [4.69, 9.17) is 4.74 Å². The molecule has 2 aromatic carbocycles. The standard InChI is InChI=1S/C27H24F3N3O3.C3H9N/c1-16-2-5-21(32-26(35)19-6-7-31-25(12-19)27(28,29)30)13-22(16)17-3-4-18-10-20(14-34)24-15-36-9-8-33(24)23(18)11-17;1-3-4-2/h2-7,11-14,20,24H,8-10,15H2,1H3,(H,32,35);4H,3H2,1-2H3. The van der Waals surface area contributed by atoms with Crippen molar-refractivity contribution in [3.8, 4) is 11.1 Å². The Labute approximate surface area is 231 Å². The Morgan fingerprint density at radius 3 is 2.65 bits per heavy atom. The average molecular weight is 555 g/mol. The summed E-state index contributed by atoms with van der Waals surface area (Å²) in [4.78, 5) is 29.9. The maximum absolute atomic E-state index is 13.0. The Hall–Kier alpha value is -3.76. The maximum atomic E-state index is 13.0. The highest BCUT2D eigenvalue weighted by Gasteiger charge is 2.36. The van der Waals surface area contributed by atoms with Gasteiger partial charge in [0.15, 0.2) is 0 Å². The third kappa shape index (κ3) is 6.51. The van der Waals surface area contributed by atoms with Gasteiger partial charge in [0.2, 0.25) is 0 Å². The second-order valence-corrected chi connectivity index (χ2v) is 9.80. The number of morpholine rings is 1. The normalized spacial score (nSPS) is 18.1. The molecule has 0 radical (unpaired) electrons. The van der Waals surface area contributed by atoms with Crippen molar-refractivity contribution in [2.75, 3.05) is 43.6 Å². The molecule has 2 aliphatic rings. The van der Waals surface area contributed by atoms with Crippen LogP contribution in [-0.2, 0) is 22.1 Å². The molecule has 0 aliphatic carbocycles. The molecule has 2 atom stereocenters. The van der Waals surface area contributed by atoms with Crippen molar-refractivity contribution in [1.82, 2.24) is 10.3 Å². The molecule has 1 amide bonds. The minimum Gasteiger partial charge on any atom is -0.377 e. The zero-order valence-corrected chi connectivity index (χ0v) is 22.7. The summed E-state index contributed by atoms with van der Waals surface area (Å²) in [6.07, 6.45) is -1.99. The smallest absolute Gasteiger partial charge is 0.377 e. The van der Waals surface area contributed by atoms with E-state index in [2.05, 4.69) is 33.5 Å². The Bertz CT molecular complexity index is 1360. The molecular weight excluding hydrogens is 521 g/mol. The minimum atomic E-state index is -4.63. The fourth-order valence-electron chi connectivity index (χ4n) is 4.92. The highest BCUT2D eigenvalue weighted by Crippen LogP contribution is 2.38. The zero-order chi connectivity index (χ0) is 28.9.